The molecular formula is C15H26N2O. The molecule has 1 aromatic carbocycles. The molecule has 102 valence electrons. The van der Waals surface area contributed by atoms with Gasteiger partial charge >= 0.3 is 0 Å². The number of likely N-dealkylation sites (N-methyl/N-ethyl adjacent to an activating group) is 1. The van der Waals surface area contributed by atoms with Crippen LogP contribution < -0.4 is 15.0 Å². The molecule has 3 nitrogen and oxygen atoms in total. The lowest BCUT2D eigenvalue weighted by Crippen LogP contribution is -2.34. The Morgan fingerprint density at radius 3 is 2.50 bits per heavy atom. The zero-order valence-corrected chi connectivity index (χ0v) is 12.1. The average Bonchev–Trinajstić information content (AvgIpc) is 2.39. The molecule has 0 heterocycles. The van der Waals surface area contributed by atoms with Crippen LogP contribution in [0.1, 0.15) is 26.7 Å². The van der Waals surface area contributed by atoms with Crippen molar-refractivity contribution in [1.82, 2.24) is 5.32 Å². The van der Waals surface area contributed by atoms with E-state index >= 15 is 0 Å². The van der Waals surface area contributed by atoms with E-state index in [0.29, 0.717) is 6.04 Å². The van der Waals surface area contributed by atoms with Gasteiger partial charge in [-0.3, -0.25) is 0 Å². The van der Waals surface area contributed by atoms with Gasteiger partial charge in [-0.1, -0.05) is 13.3 Å². The van der Waals surface area contributed by atoms with Gasteiger partial charge in [0.15, 0.2) is 0 Å². The molecule has 0 saturated carbocycles. The molecule has 0 radical (unpaired) electrons. The van der Waals surface area contributed by atoms with Crippen molar-refractivity contribution in [1.29, 1.82) is 0 Å². The first-order chi connectivity index (χ1) is 8.67. The van der Waals surface area contributed by atoms with Crippen LogP contribution in [0.3, 0.4) is 0 Å². The highest BCUT2D eigenvalue weighted by molar-refractivity contribution is 5.48. The quantitative estimate of drug-likeness (QED) is 0.768. The van der Waals surface area contributed by atoms with Crippen LogP contribution in [0.5, 0.6) is 5.75 Å². The van der Waals surface area contributed by atoms with Gasteiger partial charge in [0.25, 0.3) is 0 Å². The lowest BCUT2D eigenvalue weighted by Gasteiger charge is -2.21. The Balaban J connectivity index is 2.33. The number of hydrogen-bond donors (Lipinski definition) is 1. The van der Waals surface area contributed by atoms with E-state index in [9.17, 15) is 0 Å². The van der Waals surface area contributed by atoms with Crippen LogP contribution in [0, 0.1) is 0 Å². The third-order valence-electron chi connectivity index (χ3n) is 3.17. The number of nitrogens with zero attached hydrogens (tertiary/aromatic N) is 1. The van der Waals surface area contributed by atoms with Gasteiger partial charge in [-0.05, 0) is 37.6 Å². The standard InChI is InChI=1S/C15H26N2O/c1-5-6-13(2)16-11-12-17(3)14-7-9-15(18-4)10-8-14/h7-10,13,16H,5-6,11-12H2,1-4H3. The minimum atomic E-state index is 0.610. The van der Waals surface area contributed by atoms with Crippen molar-refractivity contribution in [3.05, 3.63) is 24.3 Å². The van der Waals surface area contributed by atoms with E-state index in [2.05, 4.69) is 43.2 Å². The van der Waals surface area contributed by atoms with E-state index in [1.807, 2.05) is 12.1 Å². The van der Waals surface area contributed by atoms with Gasteiger partial charge in [0.05, 0.1) is 7.11 Å². The first-order valence-corrected chi connectivity index (χ1v) is 6.76. The maximum Gasteiger partial charge on any atom is 0.119 e. The van der Waals surface area contributed by atoms with E-state index in [0.717, 1.165) is 18.8 Å². The molecule has 18 heavy (non-hydrogen) atoms. The Kier molecular flexibility index (Phi) is 6.58. The summed E-state index contributed by atoms with van der Waals surface area (Å²) in [6, 6.07) is 8.79. The van der Waals surface area contributed by atoms with Gasteiger partial charge in [-0.15, -0.1) is 0 Å². The van der Waals surface area contributed by atoms with Crippen molar-refractivity contribution < 1.29 is 4.74 Å². The number of nitrogens with one attached hydrogen (secondary N) is 1. The summed E-state index contributed by atoms with van der Waals surface area (Å²) >= 11 is 0. The van der Waals surface area contributed by atoms with Crippen LogP contribution in [0.4, 0.5) is 5.69 Å². The van der Waals surface area contributed by atoms with Crippen molar-refractivity contribution in [2.24, 2.45) is 0 Å². The van der Waals surface area contributed by atoms with E-state index in [4.69, 9.17) is 4.74 Å². The van der Waals surface area contributed by atoms with Crippen molar-refractivity contribution in [3.8, 4) is 5.75 Å². The first kappa shape index (κ1) is 14.8. The fraction of sp³-hybridized carbons (Fsp3) is 0.600. The zero-order chi connectivity index (χ0) is 13.4. The summed E-state index contributed by atoms with van der Waals surface area (Å²) in [4.78, 5) is 2.26. The van der Waals surface area contributed by atoms with Crippen molar-refractivity contribution in [3.63, 3.8) is 0 Å². The van der Waals surface area contributed by atoms with E-state index in [1.54, 1.807) is 7.11 Å². The average molecular weight is 250 g/mol. The second kappa shape index (κ2) is 7.98. The molecule has 0 spiro atoms. The summed E-state index contributed by atoms with van der Waals surface area (Å²) in [5, 5.41) is 3.54. The van der Waals surface area contributed by atoms with E-state index in [-0.39, 0.29) is 0 Å². The molecule has 0 aromatic heterocycles. The Hall–Kier alpha value is -1.22. The van der Waals surface area contributed by atoms with Crippen molar-refractivity contribution in [2.45, 2.75) is 32.7 Å². The topological polar surface area (TPSA) is 24.5 Å². The van der Waals surface area contributed by atoms with E-state index in [1.165, 1.54) is 18.5 Å². The molecule has 0 bridgehead atoms. The highest BCUT2D eigenvalue weighted by atomic mass is 16.5. The Morgan fingerprint density at radius 1 is 1.28 bits per heavy atom. The summed E-state index contributed by atoms with van der Waals surface area (Å²) in [5.74, 6) is 0.904. The van der Waals surface area contributed by atoms with Crippen LogP contribution in [0.15, 0.2) is 24.3 Å². The molecule has 0 saturated heterocycles. The maximum atomic E-state index is 5.16. The molecule has 0 fully saturated rings. The van der Waals surface area contributed by atoms with Gasteiger partial charge in [0.2, 0.25) is 0 Å². The number of hydrogen-bond acceptors (Lipinski definition) is 3. The Morgan fingerprint density at radius 2 is 1.94 bits per heavy atom. The molecule has 1 atom stereocenters. The second-order valence-electron chi connectivity index (χ2n) is 4.76. The summed E-state index contributed by atoms with van der Waals surface area (Å²) in [6.45, 7) is 6.50. The van der Waals surface area contributed by atoms with Crippen LogP contribution in [-0.4, -0.2) is 33.3 Å². The van der Waals surface area contributed by atoms with Gasteiger partial charge in [0.1, 0.15) is 5.75 Å². The number of ether oxygens (including phenoxy) is 1. The van der Waals surface area contributed by atoms with Crippen LogP contribution in [0.2, 0.25) is 0 Å². The molecule has 1 rings (SSSR count). The second-order valence-corrected chi connectivity index (χ2v) is 4.76. The smallest absolute Gasteiger partial charge is 0.119 e. The summed E-state index contributed by atoms with van der Waals surface area (Å²) in [5.41, 5.74) is 1.22. The fourth-order valence-corrected chi connectivity index (χ4v) is 1.98. The fourth-order valence-electron chi connectivity index (χ4n) is 1.98. The number of benzene rings is 1. The zero-order valence-electron chi connectivity index (χ0n) is 12.1. The first-order valence-electron chi connectivity index (χ1n) is 6.76. The third kappa shape index (κ3) is 4.96. The molecule has 0 aliphatic carbocycles. The predicted octanol–water partition coefficient (Wildman–Crippen LogP) is 2.91. The molecule has 0 amide bonds. The highest BCUT2D eigenvalue weighted by Gasteiger charge is 2.03. The van der Waals surface area contributed by atoms with Crippen molar-refractivity contribution >= 4 is 5.69 Å². The minimum absolute atomic E-state index is 0.610. The predicted molar refractivity (Wildman–Crippen MR) is 78.6 cm³/mol. The molecule has 0 aliphatic rings. The molecule has 3 heteroatoms. The lowest BCUT2D eigenvalue weighted by molar-refractivity contribution is 0.415. The molecule has 0 aliphatic heterocycles. The Labute approximate surface area is 111 Å². The molecular weight excluding hydrogens is 224 g/mol. The van der Waals surface area contributed by atoms with Crippen LogP contribution in [0.25, 0.3) is 0 Å². The van der Waals surface area contributed by atoms with Crippen LogP contribution >= 0.6 is 0 Å². The largest absolute Gasteiger partial charge is 0.497 e. The summed E-state index contributed by atoms with van der Waals surface area (Å²) < 4.78 is 5.16. The van der Waals surface area contributed by atoms with Gasteiger partial charge in [0, 0.05) is 31.9 Å². The highest BCUT2D eigenvalue weighted by Crippen LogP contribution is 2.17. The SMILES string of the molecule is CCCC(C)NCCN(C)c1ccc(OC)cc1. The van der Waals surface area contributed by atoms with E-state index < -0.39 is 0 Å². The molecule has 1 unspecified atom stereocenters. The number of anilines is 1. The number of rotatable bonds is 8. The van der Waals surface area contributed by atoms with Gasteiger partial charge < -0.3 is 15.0 Å². The minimum Gasteiger partial charge on any atom is -0.497 e. The third-order valence-corrected chi connectivity index (χ3v) is 3.17. The summed E-state index contributed by atoms with van der Waals surface area (Å²) in [6.07, 6.45) is 2.48. The lowest BCUT2D eigenvalue weighted by atomic mass is 10.2. The monoisotopic (exact) mass is 250 g/mol. The Bertz CT molecular complexity index is 324. The maximum absolute atomic E-state index is 5.16. The summed E-state index contributed by atoms with van der Waals surface area (Å²) in [7, 11) is 3.81. The van der Waals surface area contributed by atoms with Crippen LogP contribution in [-0.2, 0) is 0 Å². The van der Waals surface area contributed by atoms with Crippen molar-refractivity contribution in [2.75, 3.05) is 32.1 Å². The number of methoxy groups -OCH3 is 1. The molecule has 1 N–H and O–H groups in total. The normalized spacial score (nSPS) is 12.2. The molecule has 1 aromatic rings. The van der Waals surface area contributed by atoms with Gasteiger partial charge in [-0.2, -0.15) is 0 Å². The van der Waals surface area contributed by atoms with Gasteiger partial charge in [-0.25, -0.2) is 0 Å².